The molecule has 0 aliphatic carbocycles. The zero-order valence-electron chi connectivity index (χ0n) is 16.9. The van der Waals surface area contributed by atoms with Gasteiger partial charge in [-0.15, -0.1) is 5.06 Å². The Morgan fingerprint density at radius 3 is 2.17 bits per heavy atom. The summed E-state index contributed by atoms with van der Waals surface area (Å²) in [6.45, 7) is 0. The summed E-state index contributed by atoms with van der Waals surface area (Å²) in [7, 11) is 6.19. The van der Waals surface area contributed by atoms with Crippen LogP contribution in [0.3, 0.4) is 0 Å². The lowest BCUT2D eigenvalue weighted by molar-refractivity contribution is -0.0714. The zero-order chi connectivity index (χ0) is 21.7. The number of hydroxylamine groups is 2. The van der Waals surface area contributed by atoms with Gasteiger partial charge in [0.1, 0.15) is 11.3 Å². The van der Waals surface area contributed by atoms with Gasteiger partial charge in [-0.1, -0.05) is 40.2 Å². The van der Waals surface area contributed by atoms with Gasteiger partial charge >= 0.3 is 12.0 Å². The van der Waals surface area contributed by atoms with E-state index in [4.69, 9.17) is 19.0 Å². The Hall–Kier alpha value is -3.17. The van der Waals surface area contributed by atoms with E-state index in [1.807, 2.05) is 30.3 Å². The summed E-state index contributed by atoms with van der Waals surface area (Å²) in [5.41, 5.74) is 1.69. The average Bonchev–Trinajstić information content (AvgIpc) is 2.73. The Morgan fingerprint density at radius 2 is 1.60 bits per heavy atom. The van der Waals surface area contributed by atoms with Gasteiger partial charge in [0.25, 0.3) is 0 Å². The lowest BCUT2D eigenvalue weighted by Gasteiger charge is -2.16. The smallest absolute Gasteiger partial charge is 0.361 e. The predicted molar refractivity (Wildman–Crippen MR) is 114 cm³/mol. The van der Waals surface area contributed by atoms with E-state index < -0.39 is 5.97 Å². The number of rotatable bonds is 7. The van der Waals surface area contributed by atoms with Crippen LogP contribution in [0.25, 0.3) is 11.1 Å². The number of carbonyl (C=O) groups is 1. The van der Waals surface area contributed by atoms with Crippen LogP contribution in [-0.4, -0.2) is 49.3 Å². The first-order valence-electron chi connectivity index (χ1n) is 8.84. The third-order valence-electron chi connectivity index (χ3n) is 3.93. The van der Waals surface area contributed by atoms with E-state index >= 15 is 0 Å². The van der Waals surface area contributed by atoms with Crippen LogP contribution in [0.2, 0.25) is 0 Å². The molecule has 0 aliphatic rings. The number of benzene rings is 2. The quantitative estimate of drug-likeness (QED) is 0.468. The molecule has 2 aromatic carbocycles. The first-order valence-corrected chi connectivity index (χ1v) is 9.64. The molecule has 0 radical (unpaired) electrons. The number of carbonyl (C=O) groups excluding carboxylic acids is 1. The summed E-state index contributed by atoms with van der Waals surface area (Å²) >= 11 is 3.42. The first kappa shape index (κ1) is 21.5. The van der Waals surface area contributed by atoms with Crippen LogP contribution in [0.5, 0.6) is 23.5 Å². The van der Waals surface area contributed by atoms with Crippen LogP contribution in [0, 0.1) is 0 Å². The zero-order valence-corrected chi connectivity index (χ0v) is 18.5. The SMILES string of the molecule is COc1cc(OC)nc(Oc2cccc(-c3ccc(Br)cc3)c2C(=O)ON(C)C)n1. The molecule has 0 atom stereocenters. The van der Waals surface area contributed by atoms with Gasteiger partial charge in [-0.3, -0.25) is 0 Å². The van der Waals surface area contributed by atoms with E-state index in [9.17, 15) is 4.79 Å². The lowest BCUT2D eigenvalue weighted by Crippen LogP contribution is -2.19. The maximum atomic E-state index is 12.9. The van der Waals surface area contributed by atoms with Crippen molar-refractivity contribution in [2.45, 2.75) is 0 Å². The van der Waals surface area contributed by atoms with E-state index in [1.165, 1.54) is 25.3 Å². The number of hydrogen-bond acceptors (Lipinski definition) is 8. The topological polar surface area (TPSA) is 83.0 Å². The summed E-state index contributed by atoms with van der Waals surface area (Å²) in [5, 5.41) is 1.32. The molecular weight excluding hydrogens is 454 g/mol. The lowest BCUT2D eigenvalue weighted by atomic mass is 9.99. The molecule has 0 aliphatic heterocycles. The van der Waals surface area contributed by atoms with Crippen LogP contribution in [0.1, 0.15) is 10.4 Å². The van der Waals surface area contributed by atoms with Crippen molar-refractivity contribution in [3.8, 4) is 34.6 Å². The molecular formula is C21H20BrN3O5. The number of hydrogen-bond donors (Lipinski definition) is 0. The number of nitrogens with zero attached hydrogens (tertiary/aromatic N) is 3. The van der Waals surface area contributed by atoms with E-state index in [0.717, 1.165) is 10.0 Å². The van der Waals surface area contributed by atoms with Crippen LogP contribution in [0.4, 0.5) is 0 Å². The second-order valence-electron chi connectivity index (χ2n) is 6.21. The van der Waals surface area contributed by atoms with Gasteiger partial charge in [0.2, 0.25) is 11.8 Å². The molecule has 0 bridgehead atoms. The minimum Gasteiger partial charge on any atom is -0.481 e. The molecule has 0 saturated heterocycles. The van der Waals surface area contributed by atoms with Crippen molar-refractivity contribution in [3.05, 3.63) is 58.6 Å². The average molecular weight is 474 g/mol. The highest BCUT2D eigenvalue weighted by atomic mass is 79.9. The second kappa shape index (κ2) is 9.55. The number of halogens is 1. The van der Waals surface area contributed by atoms with Gasteiger partial charge in [-0.25, -0.2) is 4.79 Å². The Morgan fingerprint density at radius 1 is 0.967 bits per heavy atom. The third-order valence-corrected chi connectivity index (χ3v) is 4.46. The Balaban J connectivity index is 2.11. The summed E-state index contributed by atoms with van der Waals surface area (Å²) in [6.07, 6.45) is 0. The molecule has 1 aromatic heterocycles. The monoisotopic (exact) mass is 473 g/mol. The van der Waals surface area contributed by atoms with Crippen molar-refractivity contribution in [1.29, 1.82) is 0 Å². The van der Waals surface area contributed by atoms with Gasteiger partial charge in [-0.2, -0.15) is 9.97 Å². The van der Waals surface area contributed by atoms with Crippen molar-refractivity contribution in [1.82, 2.24) is 15.0 Å². The fourth-order valence-corrected chi connectivity index (χ4v) is 2.91. The summed E-state index contributed by atoms with van der Waals surface area (Å²) in [6, 6.07) is 14.3. The highest BCUT2D eigenvalue weighted by molar-refractivity contribution is 9.10. The van der Waals surface area contributed by atoms with E-state index in [1.54, 1.807) is 26.2 Å². The number of methoxy groups -OCH3 is 2. The fourth-order valence-electron chi connectivity index (χ4n) is 2.65. The van der Waals surface area contributed by atoms with E-state index in [0.29, 0.717) is 5.56 Å². The minimum atomic E-state index is -0.580. The van der Waals surface area contributed by atoms with Gasteiger partial charge in [0.05, 0.1) is 20.3 Å². The molecule has 0 spiro atoms. The van der Waals surface area contributed by atoms with E-state index in [-0.39, 0.29) is 29.1 Å². The first-order chi connectivity index (χ1) is 14.4. The summed E-state index contributed by atoms with van der Waals surface area (Å²) in [4.78, 5) is 26.6. The molecule has 156 valence electrons. The Bertz CT molecular complexity index is 1020. The highest BCUT2D eigenvalue weighted by Crippen LogP contribution is 2.34. The molecule has 0 unspecified atom stereocenters. The summed E-state index contributed by atoms with van der Waals surface area (Å²) in [5.74, 6) is 0.178. The minimum absolute atomic E-state index is 0.0296. The number of ether oxygens (including phenoxy) is 3. The normalized spacial score (nSPS) is 10.6. The molecule has 0 amide bonds. The van der Waals surface area contributed by atoms with Crippen molar-refractivity contribution in [2.24, 2.45) is 0 Å². The standard InChI is InChI=1S/C21H20BrN3O5/c1-25(2)30-20(26)19-15(13-8-10-14(22)11-9-13)6-5-7-16(19)29-21-23-17(27-3)12-18(24-21)28-4/h5-12H,1-4H3. The molecule has 0 saturated carbocycles. The number of aromatic nitrogens is 2. The Kier molecular flexibility index (Phi) is 6.86. The summed E-state index contributed by atoms with van der Waals surface area (Å²) < 4.78 is 17.1. The fraction of sp³-hybridized carbons (Fsp3) is 0.190. The molecule has 3 rings (SSSR count). The molecule has 0 fully saturated rings. The van der Waals surface area contributed by atoms with Gasteiger partial charge in [-0.05, 0) is 23.8 Å². The molecule has 8 nitrogen and oxygen atoms in total. The van der Waals surface area contributed by atoms with Crippen LogP contribution in [0.15, 0.2) is 53.0 Å². The van der Waals surface area contributed by atoms with Crippen molar-refractivity contribution in [3.63, 3.8) is 0 Å². The van der Waals surface area contributed by atoms with Crippen LogP contribution >= 0.6 is 15.9 Å². The molecule has 1 heterocycles. The maximum absolute atomic E-state index is 12.9. The van der Waals surface area contributed by atoms with Gasteiger partial charge < -0.3 is 19.0 Å². The highest BCUT2D eigenvalue weighted by Gasteiger charge is 2.23. The maximum Gasteiger partial charge on any atom is 0.361 e. The van der Waals surface area contributed by atoms with Gasteiger partial charge in [0, 0.05) is 24.1 Å². The molecule has 30 heavy (non-hydrogen) atoms. The van der Waals surface area contributed by atoms with E-state index in [2.05, 4.69) is 25.9 Å². The Labute approximate surface area is 182 Å². The van der Waals surface area contributed by atoms with Crippen molar-refractivity contribution >= 4 is 21.9 Å². The largest absolute Gasteiger partial charge is 0.481 e. The molecule has 3 aromatic rings. The molecule has 0 N–H and O–H groups in total. The van der Waals surface area contributed by atoms with Crippen LogP contribution < -0.4 is 14.2 Å². The third kappa shape index (κ3) is 5.05. The van der Waals surface area contributed by atoms with Crippen molar-refractivity contribution < 1.29 is 23.8 Å². The second-order valence-corrected chi connectivity index (χ2v) is 7.13. The van der Waals surface area contributed by atoms with Crippen molar-refractivity contribution in [2.75, 3.05) is 28.3 Å². The van der Waals surface area contributed by atoms with Gasteiger partial charge in [0.15, 0.2) is 0 Å². The van der Waals surface area contributed by atoms with Crippen LogP contribution in [-0.2, 0) is 4.84 Å². The molecule has 9 heteroatoms. The predicted octanol–water partition coefficient (Wildman–Crippen LogP) is 4.35.